The quantitative estimate of drug-likeness (QED) is 0.154. The van der Waals surface area contributed by atoms with Crippen molar-refractivity contribution in [3.8, 4) is 0 Å². The summed E-state index contributed by atoms with van der Waals surface area (Å²) in [5.41, 5.74) is 7.69. The average molecular weight is 564 g/mol. The largest absolute Gasteiger partial charge is 0.426 e. The fraction of sp³-hybridized carbons (Fsp3) is 0.500. The predicted molar refractivity (Wildman–Crippen MR) is 123 cm³/mol. The lowest BCUT2D eigenvalue weighted by Gasteiger charge is -2.16. The summed E-state index contributed by atoms with van der Waals surface area (Å²) in [6.07, 6.45) is -8.40. The van der Waals surface area contributed by atoms with Gasteiger partial charge in [-0.1, -0.05) is 0 Å². The van der Waals surface area contributed by atoms with E-state index in [2.05, 4.69) is 14.7 Å². The third kappa shape index (κ3) is 6.30. The third-order valence-electron chi connectivity index (χ3n) is 5.34. The maximum absolute atomic E-state index is 11.6. The molecule has 20 heteroatoms. The van der Waals surface area contributed by atoms with E-state index in [9.17, 15) is 34.8 Å². The zero-order valence-corrected chi connectivity index (χ0v) is 20.0. The Morgan fingerprint density at radius 1 is 0.895 bits per heavy atom. The normalized spacial score (nSPS) is 30.6. The molecule has 2 saturated heterocycles. The third-order valence-corrected chi connectivity index (χ3v) is 5.78. The van der Waals surface area contributed by atoms with E-state index in [1.807, 2.05) is 0 Å². The highest BCUT2D eigenvalue weighted by atomic mass is 31.2. The first-order valence-electron chi connectivity index (χ1n) is 10.6. The Kier molecular flexibility index (Phi) is 9.44. The van der Waals surface area contributed by atoms with Crippen molar-refractivity contribution in [2.45, 2.75) is 49.3 Å². The van der Waals surface area contributed by atoms with Gasteiger partial charge in [0.25, 0.3) is 8.38 Å². The van der Waals surface area contributed by atoms with Gasteiger partial charge >= 0.3 is 17.1 Å². The molecule has 8 atom stereocenters. The SMILES string of the molecule is Nc1ccn([C@@H]2O[C@H](CO)[C@H](O)[C@H]2O)c(=O)n1.Nc1ccn([C@@H]2O[C@H](OC(=O)P(O)O)[C@H](O)[C@H]2O)c(=O)n1. The molecule has 0 spiro atoms. The van der Waals surface area contributed by atoms with Crippen molar-refractivity contribution >= 4 is 25.7 Å². The monoisotopic (exact) mass is 564 g/mol. The molecule has 19 nitrogen and oxygen atoms in total. The summed E-state index contributed by atoms with van der Waals surface area (Å²) in [4.78, 5) is 58.4. The van der Waals surface area contributed by atoms with Gasteiger partial charge in [0, 0.05) is 12.4 Å². The van der Waals surface area contributed by atoms with E-state index in [1.54, 1.807) is 0 Å². The van der Waals surface area contributed by atoms with E-state index < -0.39 is 81.3 Å². The molecule has 4 rings (SSSR count). The Morgan fingerprint density at radius 3 is 1.79 bits per heavy atom. The second-order valence-corrected chi connectivity index (χ2v) is 8.81. The molecule has 0 bridgehead atoms. The van der Waals surface area contributed by atoms with Crippen molar-refractivity contribution in [2.24, 2.45) is 0 Å². The molecule has 210 valence electrons. The van der Waals surface area contributed by atoms with E-state index in [4.69, 9.17) is 35.8 Å². The van der Waals surface area contributed by atoms with Gasteiger partial charge in [0.05, 0.1) is 6.61 Å². The summed E-state index contributed by atoms with van der Waals surface area (Å²) < 4.78 is 16.5. The van der Waals surface area contributed by atoms with Gasteiger partial charge in [-0.25, -0.2) is 14.4 Å². The Bertz CT molecular complexity index is 1240. The van der Waals surface area contributed by atoms with Crippen LogP contribution in [0.5, 0.6) is 0 Å². The first-order chi connectivity index (χ1) is 17.8. The molecule has 2 aliphatic rings. The summed E-state index contributed by atoms with van der Waals surface area (Å²) in [6.45, 7) is -0.453. The minimum absolute atomic E-state index is 0.0431. The molecule has 2 aromatic heterocycles. The van der Waals surface area contributed by atoms with Gasteiger partial charge < -0.3 is 61.0 Å². The van der Waals surface area contributed by atoms with E-state index in [0.717, 1.165) is 9.13 Å². The van der Waals surface area contributed by atoms with Crippen LogP contribution in [0.4, 0.5) is 16.4 Å². The van der Waals surface area contributed by atoms with Crippen LogP contribution in [0.2, 0.25) is 0 Å². The number of rotatable bonds is 5. The van der Waals surface area contributed by atoms with Crippen LogP contribution in [-0.2, 0) is 14.2 Å². The zero-order chi connectivity index (χ0) is 28.3. The minimum atomic E-state index is -3.02. The fourth-order valence-corrected chi connectivity index (χ4v) is 3.65. The first kappa shape index (κ1) is 29.5. The van der Waals surface area contributed by atoms with Gasteiger partial charge in [0.15, 0.2) is 12.5 Å². The highest BCUT2D eigenvalue weighted by molar-refractivity contribution is 7.63. The van der Waals surface area contributed by atoms with Crippen molar-refractivity contribution in [1.82, 2.24) is 19.1 Å². The summed E-state index contributed by atoms with van der Waals surface area (Å²) in [5.74, 6) is 0.0106. The minimum Gasteiger partial charge on any atom is -0.426 e. The van der Waals surface area contributed by atoms with E-state index in [0.29, 0.717) is 0 Å². The Labute approximate surface area is 212 Å². The summed E-state index contributed by atoms with van der Waals surface area (Å²) in [5, 5.41) is 47.7. The van der Waals surface area contributed by atoms with Crippen LogP contribution in [0.15, 0.2) is 34.1 Å². The predicted octanol–water partition coefficient (Wildman–Crippen LogP) is -4.73. The molecule has 38 heavy (non-hydrogen) atoms. The molecule has 4 heterocycles. The summed E-state index contributed by atoms with van der Waals surface area (Å²) >= 11 is 0. The molecule has 0 aromatic carbocycles. The fourth-order valence-electron chi connectivity index (χ4n) is 3.45. The second-order valence-electron chi connectivity index (χ2n) is 7.86. The summed E-state index contributed by atoms with van der Waals surface area (Å²) in [7, 11) is -3.02. The van der Waals surface area contributed by atoms with Gasteiger partial charge in [-0.15, -0.1) is 0 Å². The lowest BCUT2D eigenvalue weighted by atomic mass is 10.1. The number of hydrogen-bond acceptors (Lipinski definition) is 17. The van der Waals surface area contributed by atoms with Crippen LogP contribution in [0.1, 0.15) is 12.5 Å². The molecular weight excluding hydrogens is 539 g/mol. The number of aliphatic hydroxyl groups is 5. The molecular formula is C18H25N6O13P. The number of aromatic nitrogens is 4. The van der Waals surface area contributed by atoms with Crippen LogP contribution < -0.4 is 22.8 Å². The average Bonchev–Trinajstić information content (AvgIpc) is 3.29. The zero-order valence-electron chi connectivity index (χ0n) is 19.1. The number of ether oxygens (including phenoxy) is 3. The molecule has 2 fully saturated rings. The highest BCUT2D eigenvalue weighted by Gasteiger charge is 2.47. The molecule has 0 unspecified atom stereocenters. The van der Waals surface area contributed by atoms with Gasteiger partial charge in [-0.05, 0) is 12.1 Å². The number of nitrogens with two attached hydrogens (primary N) is 2. The molecule has 0 amide bonds. The molecule has 0 radical (unpaired) electrons. The highest BCUT2D eigenvalue weighted by Crippen LogP contribution is 2.33. The number of carbonyl (C=O) groups is 1. The smallest absolute Gasteiger partial charge is 0.386 e. The number of anilines is 2. The Morgan fingerprint density at radius 2 is 1.37 bits per heavy atom. The van der Waals surface area contributed by atoms with Crippen molar-refractivity contribution in [2.75, 3.05) is 18.1 Å². The van der Waals surface area contributed by atoms with Crippen LogP contribution in [-0.4, -0.2) is 104 Å². The van der Waals surface area contributed by atoms with Crippen LogP contribution in [0, 0.1) is 0 Å². The van der Waals surface area contributed by atoms with Crippen molar-refractivity contribution in [3.63, 3.8) is 0 Å². The van der Waals surface area contributed by atoms with Gasteiger partial charge in [0.2, 0.25) is 6.29 Å². The first-order valence-corrected chi connectivity index (χ1v) is 11.8. The maximum atomic E-state index is 11.6. The number of hydrogen-bond donors (Lipinski definition) is 9. The number of nitrogen functional groups attached to an aromatic ring is 2. The van der Waals surface area contributed by atoms with Crippen molar-refractivity contribution in [3.05, 3.63) is 45.5 Å². The second kappa shape index (κ2) is 12.2. The number of aliphatic hydroxyl groups excluding tert-OH is 5. The molecule has 2 aliphatic heterocycles. The standard InChI is InChI=1S/C9H12N3O8P.C9H13N3O5/c10-3-1-2-12(8(15)11-3)6-4(13)5(14)7(19-6)20-9(16)21(17)18;10-5-1-2-12(9(16)11-5)8-7(15)6(14)4(3-13)17-8/h1-2,4-7,13-14,17-18H,(H2,10,11,15);1-2,4,6-8,13-15H,3H2,(H2,10,11,16)/t4-,5-,6-,7-;4-,6+,7-,8-/m11/s1. The topological polar surface area (TPSA) is 308 Å². The van der Waals surface area contributed by atoms with Crippen molar-refractivity contribution < 1.29 is 54.3 Å². The van der Waals surface area contributed by atoms with Crippen LogP contribution >= 0.6 is 8.38 Å². The molecule has 2 aromatic rings. The Balaban J connectivity index is 0.000000215. The Hall–Kier alpha value is -3.10. The summed E-state index contributed by atoms with van der Waals surface area (Å²) in [6, 6.07) is 2.64. The van der Waals surface area contributed by atoms with Gasteiger partial charge in [-0.2, -0.15) is 9.97 Å². The lowest BCUT2D eigenvalue weighted by molar-refractivity contribution is -0.140. The van der Waals surface area contributed by atoms with Crippen LogP contribution in [0.3, 0.4) is 0 Å². The van der Waals surface area contributed by atoms with E-state index in [-0.39, 0.29) is 11.6 Å². The molecule has 11 N–H and O–H groups in total. The van der Waals surface area contributed by atoms with E-state index >= 15 is 0 Å². The number of carbonyl (C=O) groups excluding carboxylic acids is 1. The van der Waals surface area contributed by atoms with Gasteiger partial charge in [0.1, 0.15) is 42.2 Å². The van der Waals surface area contributed by atoms with E-state index in [1.165, 1.54) is 24.5 Å². The molecule has 0 aliphatic carbocycles. The number of nitrogens with zero attached hydrogens (tertiary/aromatic N) is 4. The van der Waals surface area contributed by atoms with Crippen molar-refractivity contribution in [1.29, 1.82) is 0 Å². The maximum Gasteiger partial charge on any atom is 0.386 e. The molecule has 0 saturated carbocycles. The lowest BCUT2D eigenvalue weighted by Crippen LogP contribution is -2.36. The van der Waals surface area contributed by atoms with Crippen LogP contribution in [0.25, 0.3) is 0 Å². The van der Waals surface area contributed by atoms with Gasteiger partial charge in [-0.3, -0.25) is 9.13 Å².